The fraction of sp³-hybridized carbons (Fsp3) is 0.500. The Balaban J connectivity index is 2.02. The first-order valence-corrected chi connectivity index (χ1v) is 7.81. The third-order valence-electron chi connectivity index (χ3n) is 4.26. The topological polar surface area (TPSA) is 60.4 Å². The van der Waals surface area contributed by atoms with E-state index in [4.69, 9.17) is 4.74 Å². The molecule has 0 aromatic heterocycles. The highest BCUT2D eigenvalue weighted by Crippen LogP contribution is 2.35. The van der Waals surface area contributed by atoms with Crippen molar-refractivity contribution in [2.24, 2.45) is 5.41 Å². The van der Waals surface area contributed by atoms with Crippen molar-refractivity contribution >= 4 is 17.9 Å². The molecule has 0 unspecified atom stereocenters. The van der Waals surface area contributed by atoms with Crippen LogP contribution >= 0.6 is 0 Å². The predicted molar refractivity (Wildman–Crippen MR) is 82.3 cm³/mol. The van der Waals surface area contributed by atoms with Crippen LogP contribution in [-0.2, 0) is 25.7 Å². The third kappa shape index (κ3) is 3.89. The molecule has 0 heterocycles. The van der Waals surface area contributed by atoms with Crippen molar-refractivity contribution in [3.63, 3.8) is 0 Å². The van der Waals surface area contributed by atoms with Crippen LogP contribution in [0.5, 0.6) is 0 Å². The Morgan fingerprint density at radius 3 is 2.41 bits per heavy atom. The molecule has 0 bridgehead atoms. The van der Waals surface area contributed by atoms with Gasteiger partial charge < -0.3 is 9.53 Å². The first-order chi connectivity index (χ1) is 10.7. The maximum atomic E-state index is 12.4. The van der Waals surface area contributed by atoms with Crippen LogP contribution in [0.15, 0.2) is 30.3 Å². The van der Waals surface area contributed by atoms with E-state index in [1.54, 1.807) is 0 Å². The van der Waals surface area contributed by atoms with Gasteiger partial charge in [-0.2, -0.15) is 0 Å². The smallest absolute Gasteiger partial charge is 0.148 e. The zero-order chi connectivity index (χ0) is 15.8. The Morgan fingerprint density at radius 1 is 1.09 bits per heavy atom. The molecule has 118 valence electrons. The zero-order valence-electron chi connectivity index (χ0n) is 12.8. The number of benzene rings is 1. The summed E-state index contributed by atoms with van der Waals surface area (Å²) in [5.41, 5.74) is -0.0167. The summed E-state index contributed by atoms with van der Waals surface area (Å²) >= 11 is 0. The molecule has 0 amide bonds. The van der Waals surface area contributed by atoms with Crippen LogP contribution in [0.4, 0.5) is 0 Å². The summed E-state index contributed by atoms with van der Waals surface area (Å²) in [5.74, 6) is -0.0505. The van der Waals surface area contributed by atoms with Gasteiger partial charge in [-0.25, -0.2) is 0 Å². The van der Waals surface area contributed by atoms with Gasteiger partial charge >= 0.3 is 0 Å². The highest BCUT2D eigenvalue weighted by atomic mass is 16.5. The van der Waals surface area contributed by atoms with Crippen molar-refractivity contribution in [3.8, 4) is 0 Å². The van der Waals surface area contributed by atoms with Crippen molar-refractivity contribution in [1.82, 2.24) is 0 Å². The number of ether oxygens (including phenoxy) is 1. The fourth-order valence-electron chi connectivity index (χ4n) is 2.96. The van der Waals surface area contributed by atoms with Crippen molar-refractivity contribution in [2.75, 3.05) is 6.61 Å². The molecule has 1 fully saturated rings. The maximum Gasteiger partial charge on any atom is 0.148 e. The summed E-state index contributed by atoms with van der Waals surface area (Å²) in [6.07, 6.45) is 3.67. The van der Waals surface area contributed by atoms with Crippen molar-refractivity contribution in [1.29, 1.82) is 0 Å². The SMILES string of the molecule is O=CCCCC1(COCc2ccccc2)C(=O)CCCC1=O. The lowest BCUT2D eigenvalue weighted by Gasteiger charge is -2.34. The molecule has 1 aliphatic rings. The summed E-state index contributed by atoms with van der Waals surface area (Å²) in [6, 6.07) is 9.68. The summed E-state index contributed by atoms with van der Waals surface area (Å²) in [6.45, 7) is 0.509. The van der Waals surface area contributed by atoms with Gasteiger partial charge in [0.25, 0.3) is 0 Å². The molecule has 1 aromatic carbocycles. The van der Waals surface area contributed by atoms with Crippen molar-refractivity contribution in [3.05, 3.63) is 35.9 Å². The van der Waals surface area contributed by atoms with Gasteiger partial charge in [-0.3, -0.25) is 9.59 Å². The number of carbonyl (C=O) groups excluding carboxylic acids is 3. The molecule has 0 saturated heterocycles. The molecule has 0 N–H and O–H groups in total. The maximum absolute atomic E-state index is 12.4. The minimum absolute atomic E-state index is 0.0253. The summed E-state index contributed by atoms with van der Waals surface area (Å²) in [7, 11) is 0. The van der Waals surface area contributed by atoms with E-state index in [-0.39, 0.29) is 18.2 Å². The molecule has 0 spiro atoms. The molecule has 2 rings (SSSR count). The monoisotopic (exact) mass is 302 g/mol. The Bertz CT molecular complexity index is 505. The largest absolute Gasteiger partial charge is 0.375 e. The minimum atomic E-state index is -1.03. The molecule has 22 heavy (non-hydrogen) atoms. The molecule has 1 aliphatic carbocycles. The number of hydrogen-bond acceptors (Lipinski definition) is 4. The number of unbranched alkanes of at least 4 members (excludes halogenated alkanes) is 1. The van der Waals surface area contributed by atoms with Gasteiger partial charge in [-0.1, -0.05) is 30.3 Å². The highest BCUT2D eigenvalue weighted by molar-refractivity contribution is 6.09. The predicted octanol–water partition coefficient (Wildman–Crippen LogP) is 2.88. The Morgan fingerprint density at radius 2 is 1.77 bits per heavy atom. The van der Waals surface area contributed by atoms with Crippen molar-refractivity contribution < 1.29 is 19.1 Å². The second-order valence-corrected chi connectivity index (χ2v) is 5.82. The zero-order valence-corrected chi connectivity index (χ0v) is 12.8. The van der Waals surface area contributed by atoms with Crippen LogP contribution in [0.3, 0.4) is 0 Å². The van der Waals surface area contributed by atoms with E-state index in [1.807, 2.05) is 30.3 Å². The number of hydrogen-bond donors (Lipinski definition) is 0. The Kier molecular flexibility index (Phi) is 6.01. The quantitative estimate of drug-likeness (QED) is 0.421. The molecular weight excluding hydrogens is 280 g/mol. The van der Waals surface area contributed by atoms with Crippen LogP contribution in [-0.4, -0.2) is 24.5 Å². The fourth-order valence-corrected chi connectivity index (χ4v) is 2.96. The minimum Gasteiger partial charge on any atom is -0.375 e. The molecule has 4 nitrogen and oxygen atoms in total. The summed E-state index contributed by atoms with van der Waals surface area (Å²) < 4.78 is 5.70. The van der Waals surface area contributed by atoms with Crippen LogP contribution in [0, 0.1) is 5.41 Å². The molecule has 1 saturated carbocycles. The van der Waals surface area contributed by atoms with E-state index in [1.165, 1.54) is 0 Å². The standard InChI is InChI=1S/C18H22O4/c19-12-5-4-11-18(16(20)9-6-10-17(18)21)14-22-13-15-7-2-1-3-8-15/h1-3,7-8,12H,4-6,9-11,13-14H2. The highest BCUT2D eigenvalue weighted by Gasteiger charge is 2.46. The van der Waals surface area contributed by atoms with E-state index >= 15 is 0 Å². The van der Waals surface area contributed by atoms with Gasteiger partial charge in [0, 0.05) is 19.3 Å². The second-order valence-electron chi connectivity index (χ2n) is 5.82. The van der Waals surface area contributed by atoms with E-state index in [9.17, 15) is 14.4 Å². The third-order valence-corrected chi connectivity index (χ3v) is 4.26. The lowest BCUT2D eigenvalue weighted by molar-refractivity contribution is -0.150. The second kappa shape index (κ2) is 7.99. The summed E-state index contributed by atoms with van der Waals surface area (Å²) in [5, 5.41) is 0. The van der Waals surface area contributed by atoms with E-state index in [2.05, 4.69) is 0 Å². The molecule has 1 aromatic rings. The van der Waals surface area contributed by atoms with E-state index in [0.29, 0.717) is 45.1 Å². The first-order valence-electron chi connectivity index (χ1n) is 7.81. The van der Waals surface area contributed by atoms with E-state index in [0.717, 1.165) is 11.8 Å². The Hall–Kier alpha value is -1.81. The van der Waals surface area contributed by atoms with Gasteiger partial charge in [0.15, 0.2) is 0 Å². The van der Waals surface area contributed by atoms with Crippen molar-refractivity contribution in [2.45, 2.75) is 45.1 Å². The number of carbonyl (C=O) groups is 3. The van der Waals surface area contributed by atoms with Gasteiger partial charge in [0.2, 0.25) is 0 Å². The van der Waals surface area contributed by atoms with Crippen LogP contribution < -0.4 is 0 Å². The molecule has 0 atom stereocenters. The van der Waals surface area contributed by atoms with Gasteiger partial charge in [0.1, 0.15) is 23.3 Å². The van der Waals surface area contributed by atoms with E-state index < -0.39 is 5.41 Å². The average Bonchev–Trinajstić information content (AvgIpc) is 2.53. The molecule has 0 aliphatic heterocycles. The van der Waals surface area contributed by atoms with Crippen LogP contribution in [0.2, 0.25) is 0 Å². The average molecular weight is 302 g/mol. The van der Waals surface area contributed by atoms with Crippen LogP contribution in [0.25, 0.3) is 0 Å². The normalized spacial score (nSPS) is 17.5. The number of Topliss-reactive ketones (excluding diaryl/α,β-unsaturated/α-hetero) is 2. The molecule has 4 heteroatoms. The lowest BCUT2D eigenvalue weighted by atomic mass is 9.69. The lowest BCUT2D eigenvalue weighted by Crippen LogP contribution is -2.46. The molecule has 0 radical (unpaired) electrons. The number of ketones is 2. The molecular formula is C18H22O4. The van der Waals surface area contributed by atoms with Gasteiger partial charge in [0.05, 0.1) is 13.2 Å². The van der Waals surface area contributed by atoms with Crippen LogP contribution in [0.1, 0.15) is 44.1 Å². The Labute approximate surface area is 130 Å². The van der Waals surface area contributed by atoms with Gasteiger partial charge in [-0.15, -0.1) is 0 Å². The first kappa shape index (κ1) is 16.6. The summed E-state index contributed by atoms with van der Waals surface area (Å²) in [4.78, 5) is 35.3. The number of rotatable bonds is 8. The number of aldehydes is 1. The van der Waals surface area contributed by atoms with Gasteiger partial charge in [-0.05, 0) is 24.8 Å².